The first-order valence-electron chi connectivity index (χ1n) is 7.31. The van der Waals surface area contributed by atoms with Crippen LogP contribution in [-0.4, -0.2) is 33.0 Å². The van der Waals surface area contributed by atoms with Crippen LogP contribution in [-0.2, 0) is 11.3 Å². The van der Waals surface area contributed by atoms with Crippen molar-refractivity contribution in [2.45, 2.75) is 51.1 Å². The largest absolute Gasteiger partial charge is 0.341 e. The van der Waals surface area contributed by atoms with Crippen molar-refractivity contribution in [1.29, 1.82) is 0 Å². The van der Waals surface area contributed by atoms with Crippen molar-refractivity contribution in [2.75, 3.05) is 13.1 Å². The molecule has 0 unspecified atom stereocenters. The summed E-state index contributed by atoms with van der Waals surface area (Å²) < 4.78 is 3.31. The molecule has 1 aliphatic heterocycles. The standard InChI is InChI=1S/C14H21N3O2/c18-13(15-7-3-1-2-4-8-15)11-16-9-10-17(14(16)19)12-5-6-12/h9-10,12H,1-8,11H2. The van der Waals surface area contributed by atoms with Crippen LogP contribution in [0, 0.1) is 0 Å². The van der Waals surface area contributed by atoms with Crippen LogP contribution in [0.25, 0.3) is 0 Å². The predicted molar refractivity (Wildman–Crippen MR) is 72.0 cm³/mol. The number of carbonyl (C=O) groups is 1. The van der Waals surface area contributed by atoms with Gasteiger partial charge < -0.3 is 4.90 Å². The molecule has 1 aromatic rings. The fourth-order valence-corrected chi connectivity index (χ4v) is 2.74. The Hall–Kier alpha value is -1.52. The fraction of sp³-hybridized carbons (Fsp3) is 0.714. The van der Waals surface area contributed by atoms with Crippen LogP contribution in [0.5, 0.6) is 0 Å². The molecule has 0 spiro atoms. The maximum Gasteiger partial charge on any atom is 0.328 e. The van der Waals surface area contributed by atoms with Crippen LogP contribution < -0.4 is 5.69 Å². The second kappa shape index (κ2) is 5.23. The third kappa shape index (κ3) is 2.74. The van der Waals surface area contributed by atoms with Gasteiger partial charge in [-0.25, -0.2) is 4.79 Å². The smallest absolute Gasteiger partial charge is 0.328 e. The molecule has 0 N–H and O–H groups in total. The zero-order valence-corrected chi connectivity index (χ0v) is 11.3. The van der Waals surface area contributed by atoms with E-state index in [2.05, 4.69) is 0 Å². The molecule has 1 amide bonds. The lowest BCUT2D eigenvalue weighted by Crippen LogP contribution is -2.37. The van der Waals surface area contributed by atoms with Crippen LogP contribution in [0.1, 0.15) is 44.6 Å². The molecule has 104 valence electrons. The first-order valence-corrected chi connectivity index (χ1v) is 7.31. The lowest BCUT2D eigenvalue weighted by molar-refractivity contribution is -0.131. The fourth-order valence-electron chi connectivity index (χ4n) is 2.74. The minimum absolute atomic E-state index is 0.0364. The molecule has 19 heavy (non-hydrogen) atoms. The van der Waals surface area contributed by atoms with Gasteiger partial charge in [0.05, 0.1) is 0 Å². The highest BCUT2D eigenvalue weighted by Gasteiger charge is 2.26. The molecule has 2 aliphatic rings. The van der Waals surface area contributed by atoms with E-state index in [1.165, 1.54) is 12.8 Å². The Bertz CT molecular complexity index is 505. The molecular formula is C14H21N3O2. The second-order valence-corrected chi connectivity index (χ2v) is 5.64. The van der Waals surface area contributed by atoms with Gasteiger partial charge in [-0.05, 0) is 25.7 Å². The van der Waals surface area contributed by atoms with Gasteiger partial charge in [0.25, 0.3) is 0 Å². The Labute approximate surface area is 112 Å². The maximum atomic E-state index is 12.2. The Balaban J connectivity index is 1.66. The Kier molecular flexibility index (Phi) is 3.44. The van der Waals surface area contributed by atoms with Crippen molar-refractivity contribution < 1.29 is 4.79 Å². The Morgan fingerprint density at radius 2 is 1.79 bits per heavy atom. The number of carbonyl (C=O) groups excluding carboxylic acids is 1. The molecule has 0 radical (unpaired) electrons. The quantitative estimate of drug-likeness (QED) is 0.827. The van der Waals surface area contributed by atoms with E-state index in [0.29, 0.717) is 6.04 Å². The summed E-state index contributed by atoms with van der Waals surface area (Å²) in [5.41, 5.74) is -0.0364. The molecule has 0 atom stereocenters. The van der Waals surface area contributed by atoms with E-state index in [0.717, 1.165) is 38.8 Å². The van der Waals surface area contributed by atoms with Gasteiger partial charge in [-0.1, -0.05) is 12.8 Å². The summed E-state index contributed by atoms with van der Waals surface area (Å²) in [6.45, 7) is 1.88. The van der Waals surface area contributed by atoms with Gasteiger partial charge in [-0.3, -0.25) is 13.9 Å². The van der Waals surface area contributed by atoms with E-state index in [-0.39, 0.29) is 18.1 Å². The highest BCUT2D eigenvalue weighted by molar-refractivity contribution is 5.76. The lowest BCUT2D eigenvalue weighted by atomic mass is 10.2. The first-order chi connectivity index (χ1) is 9.25. The van der Waals surface area contributed by atoms with Crippen LogP contribution in [0.3, 0.4) is 0 Å². The van der Waals surface area contributed by atoms with E-state index in [1.807, 2.05) is 11.1 Å². The van der Waals surface area contributed by atoms with E-state index in [9.17, 15) is 9.59 Å². The van der Waals surface area contributed by atoms with Crippen molar-refractivity contribution in [3.8, 4) is 0 Å². The molecule has 1 aliphatic carbocycles. The molecule has 0 bridgehead atoms. The molecule has 5 nitrogen and oxygen atoms in total. The van der Waals surface area contributed by atoms with Gasteiger partial charge in [-0.15, -0.1) is 0 Å². The van der Waals surface area contributed by atoms with Gasteiger partial charge in [0.2, 0.25) is 5.91 Å². The number of nitrogens with zero attached hydrogens (tertiary/aromatic N) is 3. The van der Waals surface area contributed by atoms with E-state index >= 15 is 0 Å². The van der Waals surface area contributed by atoms with Crippen molar-refractivity contribution in [3.63, 3.8) is 0 Å². The van der Waals surface area contributed by atoms with Crippen LogP contribution >= 0.6 is 0 Å². The number of hydrogen-bond donors (Lipinski definition) is 0. The summed E-state index contributed by atoms with van der Waals surface area (Å²) in [6.07, 6.45) is 10.3. The van der Waals surface area contributed by atoms with Gasteiger partial charge >= 0.3 is 5.69 Å². The summed E-state index contributed by atoms with van der Waals surface area (Å²) in [5.74, 6) is 0.0811. The minimum Gasteiger partial charge on any atom is -0.341 e. The lowest BCUT2D eigenvalue weighted by Gasteiger charge is -2.20. The van der Waals surface area contributed by atoms with Gasteiger partial charge in [0.15, 0.2) is 0 Å². The van der Waals surface area contributed by atoms with Crippen LogP contribution in [0.4, 0.5) is 0 Å². The zero-order chi connectivity index (χ0) is 13.2. The molecule has 1 saturated heterocycles. The summed E-state index contributed by atoms with van der Waals surface area (Å²) in [6, 6.07) is 0.377. The molecule has 3 rings (SSSR count). The highest BCUT2D eigenvalue weighted by atomic mass is 16.2. The molecule has 1 aromatic heterocycles. The Morgan fingerprint density at radius 1 is 1.11 bits per heavy atom. The number of rotatable bonds is 3. The van der Waals surface area contributed by atoms with Crippen molar-refractivity contribution >= 4 is 5.91 Å². The van der Waals surface area contributed by atoms with Crippen molar-refractivity contribution in [1.82, 2.24) is 14.0 Å². The molecule has 2 heterocycles. The third-order valence-corrected chi connectivity index (χ3v) is 4.08. The van der Waals surface area contributed by atoms with Crippen molar-refractivity contribution in [2.24, 2.45) is 0 Å². The second-order valence-electron chi connectivity index (χ2n) is 5.64. The number of imidazole rings is 1. The minimum atomic E-state index is -0.0364. The summed E-state index contributed by atoms with van der Waals surface area (Å²) in [4.78, 5) is 26.2. The van der Waals surface area contributed by atoms with Crippen molar-refractivity contribution in [3.05, 3.63) is 22.9 Å². The average molecular weight is 263 g/mol. The predicted octanol–water partition coefficient (Wildman–Crippen LogP) is 1.39. The number of amides is 1. The molecule has 2 fully saturated rings. The first kappa shape index (κ1) is 12.5. The van der Waals surface area contributed by atoms with Crippen LogP contribution in [0.15, 0.2) is 17.2 Å². The average Bonchev–Trinajstić information content (AvgIpc) is 3.21. The van der Waals surface area contributed by atoms with Crippen LogP contribution in [0.2, 0.25) is 0 Å². The molecule has 0 aromatic carbocycles. The SMILES string of the molecule is O=C(Cn1ccn(C2CC2)c1=O)N1CCCCCC1. The molecular weight excluding hydrogens is 242 g/mol. The number of hydrogen-bond acceptors (Lipinski definition) is 2. The van der Waals surface area contributed by atoms with E-state index in [1.54, 1.807) is 15.3 Å². The Morgan fingerprint density at radius 3 is 2.42 bits per heavy atom. The number of aromatic nitrogens is 2. The number of likely N-dealkylation sites (tertiary alicyclic amines) is 1. The topological polar surface area (TPSA) is 47.2 Å². The maximum absolute atomic E-state index is 12.2. The van der Waals surface area contributed by atoms with Gasteiger partial charge in [-0.2, -0.15) is 0 Å². The summed E-state index contributed by atoms with van der Waals surface area (Å²) in [5, 5.41) is 0. The monoisotopic (exact) mass is 263 g/mol. The van der Waals surface area contributed by atoms with E-state index in [4.69, 9.17) is 0 Å². The summed E-state index contributed by atoms with van der Waals surface area (Å²) in [7, 11) is 0. The van der Waals surface area contributed by atoms with Gasteiger partial charge in [0.1, 0.15) is 6.54 Å². The van der Waals surface area contributed by atoms with Gasteiger partial charge in [0, 0.05) is 31.5 Å². The molecule has 5 heteroatoms. The highest BCUT2D eigenvalue weighted by Crippen LogP contribution is 2.33. The van der Waals surface area contributed by atoms with E-state index < -0.39 is 0 Å². The molecule has 1 saturated carbocycles. The zero-order valence-electron chi connectivity index (χ0n) is 11.3. The summed E-state index contributed by atoms with van der Waals surface area (Å²) >= 11 is 0. The normalized spacial score (nSPS) is 20.3. The third-order valence-electron chi connectivity index (χ3n) is 4.08.